The van der Waals surface area contributed by atoms with Crippen molar-refractivity contribution in [3.63, 3.8) is 0 Å². The smallest absolute Gasteiger partial charge is 0.120 e. The van der Waals surface area contributed by atoms with Gasteiger partial charge < -0.3 is 10.1 Å². The molecular weight excluding hydrogens is 353 g/mol. The molecule has 1 atom stereocenters. The van der Waals surface area contributed by atoms with Gasteiger partial charge in [-0.25, -0.2) is 0 Å². The van der Waals surface area contributed by atoms with Gasteiger partial charge in [-0.15, -0.1) is 0 Å². The van der Waals surface area contributed by atoms with Gasteiger partial charge in [0.1, 0.15) is 12.4 Å². The topological polar surface area (TPSA) is 21.3 Å². The summed E-state index contributed by atoms with van der Waals surface area (Å²) in [6.07, 6.45) is 7.54. The minimum absolute atomic E-state index is 0.392. The first-order chi connectivity index (χ1) is 12.2. The van der Waals surface area contributed by atoms with Gasteiger partial charge in [0, 0.05) is 27.7 Å². The van der Waals surface area contributed by atoms with Crippen LogP contribution in [0.2, 0.25) is 10.0 Å². The van der Waals surface area contributed by atoms with Crippen molar-refractivity contribution in [3.05, 3.63) is 63.1 Å². The van der Waals surface area contributed by atoms with Crippen molar-refractivity contribution in [3.8, 4) is 5.75 Å². The van der Waals surface area contributed by atoms with Crippen LogP contribution in [0.3, 0.4) is 0 Å². The number of hydrogen-bond acceptors (Lipinski definition) is 2. The Balaban J connectivity index is 1.40. The van der Waals surface area contributed by atoms with E-state index in [2.05, 4.69) is 23.5 Å². The lowest BCUT2D eigenvalue weighted by Crippen LogP contribution is -2.44. The van der Waals surface area contributed by atoms with E-state index in [0.717, 1.165) is 30.2 Å². The lowest BCUT2D eigenvalue weighted by atomic mass is 9.85. The van der Waals surface area contributed by atoms with E-state index in [-0.39, 0.29) is 0 Å². The lowest BCUT2D eigenvalue weighted by Gasteiger charge is -2.34. The van der Waals surface area contributed by atoms with Gasteiger partial charge in [-0.3, -0.25) is 0 Å². The Kier molecular flexibility index (Phi) is 5.21. The van der Waals surface area contributed by atoms with Crippen LogP contribution in [0.25, 0.3) is 0 Å². The lowest BCUT2D eigenvalue weighted by molar-refractivity contribution is 0.289. The van der Waals surface area contributed by atoms with Gasteiger partial charge in [0.25, 0.3) is 0 Å². The Morgan fingerprint density at radius 2 is 1.76 bits per heavy atom. The summed E-state index contributed by atoms with van der Waals surface area (Å²) in [4.78, 5) is 0. The fourth-order valence-corrected chi connectivity index (χ4v) is 4.20. The van der Waals surface area contributed by atoms with Crippen LogP contribution in [0.5, 0.6) is 5.75 Å². The maximum Gasteiger partial charge on any atom is 0.120 e. The van der Waals surface area contributed by atoms with Gasteiger partial charge in [0.15, 0.2) is 0 Å². The zero-order valence-corrected chi connectivity index (χ0v) is 15.7. The second-order valence-corrected chi connectivity index (χ2v) is 7.97. The summed E-state index contributed by atoms with van der Waals surface area (Å²) in [5, 5.41) is 5.11. The van der Waals surface area contributed by atoms with Crippen molar-refractivity contribution in [2.75, 3.05) is 0 Å². The Morgan fingerprint density at radius 3 is 2.48 bits per heavy atom. The van der Waals surface area contributed by atoms with Crippen LogP contribution in [-0.4, -0.2) is 12.1 Å². The van der Waals surface area contributed by atoms with Crippen LogP contribution in [0.1, 0.15) is 42.4 Å². The van der Waals surface area contributed by atoms with Gasteiger partial charge in [-0.2, -0.15) is 0 Å². The standard InChI is InChI=1S/C21H23Cl2NO/c22-20-5-2-6-21(23)19(20)13-25-18-10-8-14-11-17(9-7-15(14)12-18)24-16-3-1-4-16/h2,5-6,8,10,12,16-17,24H,1,3-4,7,9,11,13H2. The van der Waals surface area contributed by atoms with E-state index in [0.29, 0.717) is 22.7 Å². The average Bonchev–Trinajstić information content (AvgIpc) is 2.57. The van der Waals surface area contributed by atoms with Crippen LogP contribution in [0.4, 0.5) is 0 Å². The summed E-state index contributed by atoms with van der Waals surface area (Å²) in [5.41, 5.74) is 3.70. The highest BCUT2D eigenvalue weighted by molar-refractivity contribution is 6.35. The minimum Gasteiger partial charge on any atom is -0.489 e. The molecule has 2 nitrogen and oxygen atoms in total. The van der Waals surface area contributed by atoms with Crippen LogP contribution in [0.15, 0.2) is 36.4 Å². The minimum atomic E-state index is 0.392. The van der Waals surface area contributed by atoms with Crippen LogP contribution in [0, 0.1) is 0 Å². The van der Waals surface area contributed by atoms with E-state index in [4.69, 9.17) is 27.9 Å². The maximum atomic E-state index is 6.21. The molecule has 0 heterocycles. The highest BCUT2D eigenvalue weighted by atomic mass is 35.5. The van der Waals surface area contributed by atoms with Crippen molar-refractivity contribution in [1.29, 1.82) is 0 Å². The van der Waals surface area contributed by atoms with Gasteiger partial charge in [0.2, 0.25) is 0 Å². The first-order valence-corrected chi connectivity index (χ1v) is 9.88. The molecule has 0 radical (unpaired) electrons. The fraction of sp³-hybridized carbons (Fsp3) is 0.429. The molecule has 0 aliphatic heterocycles. The number of rotatable bonds is 5. The van der Waals surface area contributed by atoms with Gasteiger partial charge in [-0.1, -0.05) is 41.8 Å². The van der Waals surface area contributed by atoms with E-state index >= 15 is 0 Å². The second-order valence-electron chi connectivity index (χ2n) is 7.15. The zero-order valence-electron chi connectivity index (χ0n) is 14.2. The Hall–Kier alpha value is -1.22. The normalized spacial score (nSPS) is 20.0. The van der Waals surface area contributed by atoms with Crippen LogP contribution in [-0.2, 0) is 19.4 Å². The zero-order chi connectivity index (χ0) is 17.2. The van der Waals surface area contributed by atoms with Crippen molar-refractivity contribution in [2.24, 2.45) is 0 Å². The Bertz CT molecular complexity index is 737. The monoisotopic (exact) mass is 375 g/mol. The molecule has 2 aliphatic carbocycles. The first-order valence-electron chi connectivity index (χ1n) is 9.12. The molecule has 4 rings (SSSR count). The van der Waals surface area contributed by atoms with Crippen molar-refractivity contribution in [2.45, 2.75) is 57.2 Å². The summed E-state index contributed by atoms with van der Waals surface area (Å²) in [6, 6.07) is 13.4. The fourth-order valence-electron chi connectivity index (χ4n) is 3.70. The molecule has 132 valence electrons. The first kappa shape index (κ1) is 17.2. The molecule has 1 N–H and O–H groups in total. The summed E-state index contributed by atoms with van der Waals surface area (Å²) in [5.74, 6) is 0.889. The van der Waals surface area contributed by atoms with Gasteiger partial charge >= 0.3 is 0 Å². The molecule has 1 fully saturated rings. The third kappa shape index (κ3) is 3.97. The number of fused-ring (bicyclic) bond motifs is 1. The Labute approximate surface area is 159 Å². The molecule has 0 amide bonds. The Morgan fingerprint density at radius 1 is 0.960 bits per heavy atom. The van der Waals surface area contributed by atoms with Crippen molar-refractivity contribution >= 4 is 23.2 Å². The number of aryl methyl sites for hydroxylation is 1. The molecule has 0 aromatic heterocycles. The molecule has 25 heavy (non-hydrogen) atoms. The van der Waals surface area contributed by atoms with E-state index < -0.39 is 0 Å². The number of benzene rings is 2. The van der Waals surface area contributed by atoms with E-state index in [1.54, 1.807) is 0 Å². The average molecular weight is 376 g/mol. The number of nitrogens with one attached hydrogen (secondary N) is 1. The van der Waals surface area contributed by atoms with Gasteiger partial charge in [0.05, 0.1) is 0 Å². The molecule has 1 saturated carbocycles. The molecule has 1 unspecified atom stereocenters. The van der Waals surface area contributed by atoms with Crippen molar-refractivity contribution in [1.82, 2.24) is 5.32 Å². The van der Waals surface area contributed by atoms with Crippen LogP contribution < -0.4 is 10.1 Å². The quantitative estimate of drug-likeness (QED) is 0.736. The van der Waals surface area contributed by atoms with Gasteiger partial charge in [-0.05, 0) is 67.5 Å². The molecule has 0 saturated heterocycles. The third-order valence-corrected chi connectivity index (χ3v) is 6.14. The molecule has 2 aromatic carbocycles. The number of ether oxygens (including phenoxy) is 1. The van der Waals surface area contributed by atoms with Crippen molar-refractivity contribution < 1.29 is 4.74 Å². The molecule has 0 bridgehead atoms. The maximum absolute atomic E-state index is 6.21. The highest BCUT2D eigenvalue weighted by Gasteiger charge is 2.24. The molecule has 2 aromatic rings. The van der Waals surface area contributed by atoms with Crippen LogP contribution >= 0.6 is 23.2 Å². The predicted octanol–water partition coefficient (Wildman–Crippen LogP) is 5.57. The van der Waals surface area contributed by atoms with E-state index in [9.17, 15) is 0 Å². The largest absolute Gasteiger partial charge is 0.489 e. The molecule has 0 spiro atoms. The predicted molar refractivity (Wildman–Crippen MR) is 104 cm³/mol. The summed E-state index contributed by atoms with van der Waals surface area (Å²) >= 11 is 12.4. The van der Waals surface area contributed by atoms with E-state index in [1.165, 1.54) is 36.8 Å². The molecule has 2 aliphatic rings. The number of halogens is 2. The number of hydrogen-bond donors (Lipinski definition) is 1. The summed E-state index contributed by atoms with van der Waals surface area (Å²) in [6.45, 7) is 0.392. The molecular formula is C21H23Cl2NO. The molecule has 4 heteroatoms. The van der Waals surface area contributed by atoms with E-state index in [1.807, 2.05) is 18.2 Å². The second kappa shape index (κ2) is 7.57. The SMILES string of the molecule is Clc1cccc(Cl)c1COc1ccc2c(c1)CCC(NC1CCC1)C2. The summed E-state index contributed by atoms with van der Waals surface area (Å²) < 4.78 is 5.95. The highest BCUT2D eigenvalue weighted by Crippen LogP contribution is 2.30. The third-order valence-electron chi connectivity index (χ3n) is 5.43. The summed E-state index contributed by atoms with van der Waals surface area (Å²) in [7, 11) is 0.